The highest BCUT2D eigenvalue weighted by molar-refractivity contribution is 5.86. The third-order valence-electron chi connectivity index (χ3n) is 4.14. The van der Waals surface area contributed by atoms with E-state index in [9.17, 15) is 4.79 Å². The van der Waals surface area contributed by atoms with Gasteiger partial charge in [-0.05, 0) is 38.8 Å². The Balaban J connectivity index is 1.82. The Hall–Kier alpha value is -1.29. The molecule has 1 aromatic heterocycles. The quantitative estimate of drug-likeness (QED) is 0.867. The van der Waals surface area contributed by atoms with Gasteiger partial charge >= 0.3 is 0 Å². The molecule has 0 atom stereocenters. The fourth-order valence-electron chi connectivity index (χ4n) is 2.64. The molecule has 0 unspecified atom stereocenters. The third-order valence-corrected chi connectivity index (χ3v) is 4.14. The lowest BCUT2D eigenvalue weighted by atomic mass is 10.0. The average molecular weight is 248 g/mol. The maximum Gasteiger partial charge on any atom is 0.242 e. The maximum absolute atomic E-state index is 12.5. The molecular formula is C14H20N2O2. The predicted molar refractivity (Wildman–Crippen MR) is 67.9 cm³/mol. The van der Waals surface area contributed by atoms with Crippen LogP contribution < -0.4 is 5.32 Å². The van der Waals surface area contributed by atoms with Crippen LogP contribution in [0.4, 0.5) is 0 Å². The van der Waals surface area contributed by atoms with Crippen LogP contribution in [0.1, 0.15) is 32.4 Å². The van der Waals surface area contributed by atoms with E-state index in [4.69, 9.17) is 4.42 Å². The van der Waals surface area contributed by atoms with Crippen molar-refractivity contribution >= 4 is 5.91 Å². The molecule has 1 aromatic rings. The van der Waals surface area contributed by atoms with E-state index in [-0.39, 0.29) is 5.91 Å². The minimum atomic E-state index is -0.474. The zero-order valence-corrected chi connectivity index (χ0v) is 11.0. The van der Waals surface area contributed by atoms with Crippen molar-refractivity contribution in [2.45, 2.75) is 38.8 Å². The summed E-state index contributed by atoms with van der Waals surface area (Å²) < 4.78 is 5.37. The monoisotopic (exact) mass is 248 g/mol. The molecule has 2 heterocycles. The molecule has 3 rings (SSSR count). The topological polar surface area (TPSA) is 45.5 Å². The molecule has 0 bridgehead atoms. The second-order valence-corrected chi connectivity index (χ2v) is 6.22. The van der Waals surface area contributed by atoms with E-state index in [2.05, 4.69) is 5.32 Å². The summed E-state index contributed by atoms with van der Waals surface area (Å²) in [5, 5.41) is 3.41. The van der Waals surface area contributed by atoms with Crippen molar-refractivity contribution in [2.24, 2.45) is 5.41 Å². The molecule has 1 amide bonds. The molecule has 1 aliphatic carbocycles. The van der Waals surface area contributed by atoms with Gasteiger partial charge in [0.15, 0.2) is 0 Å². The molecule has 1 saturated heterocycles. The predicted octanol–water partition coefficient (Wildman–Crippen LogP) is 1.77. The number of nitrogens with one attached hydrogen (secondary N) is 1. The summed E-state index contributed by atoms with van der Waals surface area (Å²) in [6.07, 6.45) is 4.10. The molecule has 4 heteroatoms. The van der Waals surface area contributed by atoms with Gasteiger partial charge in [-0.1, -0.05) is 0 Å². The minimum absolute atomic E-state index is 0.169. The summed E-state index contributed by atoms with van der Waals surface area (Å²) in [4.78, 5) is 14.5. The van der Waals surface area contributed by atoms with Crippen molar-refractivity contribution in [1.29, 1.82) is 0 Å². The molecular weight excluding hydrogens is 228 g/mol. The largest absolute Gasteiger partial charge is 0.467 e. The van der Waals surface area contributed by atoms with Crippen LogP contribution in [0, 0.1) is 5.41 Å². The van der Waals surface area contributed by atoms with Gasteiger partial charge in [0.25, 0.3) is 0 Å². The summed E-state index contributed by atoms with van der Waals surface area (Å²) in [5.74, 6) is 1.03. The van der Waals surface area contributed by atoms with Crippen molar-refractivity contribution in [2.75, 3.05) is 13.1 Å². The van der Waals surface area contributed by atoms with Gasteiger partial charge in [-0.3, -0.25) is 4.79 Å². The molecule has 0 aromatic carbocycles. The van der Waals surface area contributed by atoms with Crippen LogP contribution in [0.3, 0.4) is 0 Å². The van der Waals surface area contributed by atoms with Crippen molar-refractivity contribution < 1.29 is 9.21 Å². The van der Waals surface area contributed by atoms with E-state index >= 15 is 0 Å². The summed E-state index contributed by atoms with van der Waals surface area (Å²) in [6, 6.07) is 3.80. The lowest BCUT2D eigenvalue weighted by Crippen LogP contribution is -2.51. The molecule has 2 aliphatic rings. The summed E-state index contributed by atoms with van der Waals surface area (Å²) in [6.45, 7) is 6.31. The van der Waals surface area contributed by atoms with Gasteiger partial charge in [0.1, 0.15) is 5.76 Å². The molecule has 4 nitrogen and oxygen atoms in total. The fourth-order valence-corrected chi connectivity index (χ4v) is 2.64. The molecule has 1 aliphatic heterocycles. The fraction of sp³-hybridized carbons (Fsp3) is 0.643. The van der Waals surface area contributed by atoms with E-state index in [0.717, 1.165) is 18.8 Å². The number of rotatable bonds is 2. The smallest absolute Gasteiger partial charge is 0.242 e. The van der Waals surface area contributed by atoms with Crippen LogP contribution in [-0.4, -0.2) is 29.4 Å². The zero-order valence-electron chi connectivity index (χ0n) is 11.0. The highest BCUT2D eigenvalue weighted by Crippen LogP contribution is 2.47. The van der Waals surface area contributed by atoms with Gasteiger partial charge in [-0.15, -0.1) is 0 Å². The molecule has 98 valence electrons. The first-order valence-electron chi connectivity index (χ1n) is 6.58. The number of carbonyl (C=O) groups is 1. The van der Waals surface area contributed by atoms with Crippen molar-refractivity contribution in [1.82, 2.24) is 10.2 Å². The number of carbonyl (C=O) groups excluding carboxylic acids is 1. The first-order valence-corrected chi connectivity index (χ1v) is 6.58. The van der Waals surface area contributed by atoms with E-state index in [1.165, 1.54) is 12.8 Å². The highest BCUT2D eigenvalue weighted by Gasteiger charge is 2.49. The van der Waals surface area contributed by atoms with E-state index < -0.39 is 5.54 Å². The van der Waals surface area contributed by atoms with Crippen molar-refractivity contribution in [3.05, 3.63) is 24.2 Å². The van der Waals surface area contributed by atoms with E-state index in [0.29, 0.717) is 12.0 Å². The Kier molecular flexibility index (Phi) is 2.52. The Bertz CT molecular complexity index is 446. The van der Waals surface area contributed by atoms with Crippen LogP contribution in [0.2, 0.25) is 0 Å². The molecule has 1 saturated carbocycles. The molecule has 0 radical (unpaired) electrons. The van der Waals surface area contributed by atoms with Gasteiger partial charge in [-0.2, -0.15) is 0 Å². The highest BCUT2D eigenvalue weighted by atomic mass is 16.3. The molecule has 1 spiro atoms. The van der Waals surface area contributed by atoms with Gasteiger partial charge in [0, 0.05) is 18.5 Å². The number of amides is 1. The number of nitrogens with zero attached hydrogens (tertiary/aromatic N) is 1. The van der Waals surface area contributed by atoms with Crippen LogP contribution >= 0.6 is 0 Å². The zero-order chi connectivity index (χ0) is 12.8. The first kappa shape index (κ1) is 11.8. The first-order chi connectivity index (χ1) is 8.51. The summed E-state index contributed by atoms with van der Waals surface area (Å²) in [7, 11) is 0. The second-order valence-electron chi connectivity index (χ2n) is 6.22. The minimum Gasteiger partial charge on any atom is -0.467 e. The number of hydrogen-bond donors (Lipinski definition) is 1. The Labute approximate surface area is 107 Å². The number of hydrogen-bond acceptors (Lipinski definition) is 3. The standard InChI is InChI=1S/C14H20N2O2/c1-13(2)12(17)16(8-11-4-3-7-18-11)10-14(5-6-14)9-15-13/h3-4,7,15H,5-6,8-10H2,1-2H3. The summed E-state index contributed by atoms with van der Waals surface area (Å²) >= 11 is 0. The van der Waals surface area contributed by atoms with E-state index in [1.54, 1.807) is 6.26 Å². The Morgan fingerprint density at radius 1 is 1.44 bits per heavy atom. The van der Waals surface area contributed by atoms with Gasteiger partial charge in [0.2, 0.25) is 5.91 Å². The Morgan fingerprint density at radius 3 is 2.83 bits per heavy atom. The van der Waals surface area contributed by atoms with Crippen LogP contribution in [0.15, 0.2) is 22.8 Å². The molecule has 18 heavy (non-hydrogen) atoms. The molecule has 1 N–H and O–H groups in total. The Morgan fingerprint density at radius 2 is 2.22 bits per heavy atom. The normalized spacial score (nSPS) is 25.2. The van der Waals surface area contributed by atoms with E-state index in [1.807, 2.05) is 30.9 Å². The summed E-state index contributed by atoms with van der Waals surface area (Å²) in [5.41, 5.74) is -0.158. The second kappa shape index (κ2) is 3.85. The maximum atomic E-state index is 12.5. The lowest BCUT2D eigenvalue weighted by molar-refractivity contribution is -0.137. The van der Waals surface area contributed by atoms with Gasteiger partial charge < -0.3 is 14.6 Å². The number of furan rings is 1. The van der Waals surface area contributed by atoms with Crippen LogP contribution in [0.5, 0.6) is 0 Å². The molecule has 2 fully saturated rings. The van der Waals surface area contributed by atoms with Crippen LogP contribution in [-0.2, 0) is 11.3 Å². The van der Waals surface area contributed by atoms with Crippen molar-refractivity contribution in [3.63, 3.8) is 0 Å². The van der Waals surface area contributed by atoms with Gasteiger partial charge in [-0.25, -0.2) is 0 Å². The third kappa shape index (κ3) is 2.05. The van der Waals surface area contributed by atoms with Crippen LogP contribution in [0.25, 0.3) is 0 Å². The average Bonchev–Trinajstić information content (AvgIpc) is 2.92. The van der Waals surface area contributed by atoms with Gasteiger partial charge in [0.05, 0.1) is 18.3 Å². The lowest BCUT2D eigenvalue weighted by Gasteiger charge is -2.28. The van der Waals surface area contributed by atoms with Crippen molar-refractivity contribution in [3.8, 4) is 0 Å². The SMILES string of the molecule is CC1(C)NCC2(CC2)CN(Cc2ccco2)C1=O.